The number of benzene rings is 2. The molecule has 2 aromatic carbocycles. The van der Waals surface area contributed by atoms with Crippen molar-refractivity contribution in [2.75, 3.05) is 0 Å². The largest absolute Gasteiger partial charge is 0.363 e. The number of hydrogen-bond acceptors (Lipinski definition) is 4. The van der Waals surface area contributed by atoms with E-state index >= 15 is 0 Å². The fourth-order valence-electron chi connectivity index (χ4n) is 3.28. The number of fused-ring (bicyclic) bond motifs is 3. The summed E-state index contributed by atoms with van der Waals surface area (Å²) in [5, 5.41) is 19.8. The van der Waals surface area contributed by atoms with Gasteiger partial charge in [-0.25, -0.2) is 9.37 Å². The Hall–Kier alpha value is -2.54. The van der Waals surface area contributed by atoms with Gasteiger partial charge in [-0.1, -0.05) is 23.7 Å². The maximum absolute atomic E-state index is 14.5. The van der Waals surface area contributed by atoms with Gasteiger partial charge in [0.2, 0.25) is 0 Å². The molecule has 0 bridgehead atoms. The van der Waals surface area contributed by atoms with Gasteiger partial charge >= 0.3 is 0 Å². The van der Waals surface area contributed by atoms with Crippen molar-refractivity contribution < 1.29 is 14.6 Å². The van der Waals surface area contributed by atoms with E-state index in [1.165, 1.54) is 12.4 Å². The quantitative estimate of drug-likeness (QED) is 0.677. The lowest BCUT2D eigenvalue weighted by atomic mass is 10.00. The lowest BCUT2D eigenvalue weighted by molar-refractivity contribution is -0.0464. The van der Waals surface area contributed by atoms with Crippen LogP contribution in [0, 0.1) is 5.82 Å². The van der Waals surface area contributed by atoms with E-state index in [2.05, 4.69) is 9.98 Å². The molecule has 132 valence electrons. The van der Waals surface area contributed by atoms with Gasteiger partial charge in [0.1, 0.15) is 17.8 Å². The zero-order valence-electron chi connectivity index (χ0n) is 13.8. The second-order valence-electron chi connectivity index (χ2n) is 6.05. The molecule has 2 N–H and O–H groups in total. The average Bonchev–Trinajstić information content (AvgIpc) is 3.01. The highest BCUT2D eigenvalue weighted by Gasteiger charge is 2.28. The van der Waals surface area contributed by atoms with E-state index in [1.54, 1.807) is 47.9 Å². The molecule has 1 aromatic heterocycles. The topological polar surface area (TPSA) is 70.6 Å². The summed E-state index contributed by atoms with van der Waals surface area (Å²) < 4.78 is 16.2. The van der Waals surface area contributed by atoms with E-state index in [0.29, 0.717) is 33.2 Å². The van der Waals surface area contributed by atoms with Crippen LogP contribution in [0.5, 0.6) is 0 Å². The number of hydrogen-bond donors (Lipinski definition) is 2. The number of rotatable bonds is 2. The zero-order chi connectivity index (χ0) is 18.4. The van der Waals surface area contributed by atoms with Crippen LogP contribution < -0.4 is 0 Å². The second-order valence-corrected chi connectivity index (χ2v) is 6.49. The highest BCUT2D eigenvalue weighted by Crippen LogP contribution is 2.35. The summed E-state index contributed by atoms with van der Waals surface area (Å²) in [4.78, 5) is 8.79. The van der Waals surface area contributed by atoms with Crippen LogP contribution in [0.4, 0.5) is 4.39 Å². The van der Waals surface area contributed by atoms with Crippen molar-refractivity contribution in [2.45, 2.75) is 19.3 Å². The zero-order valence-corrected chi connectivity index (χ0v) is 14.5. The number of halogens is 2. The molecular weight excluding hydrogens is 357 g/mol. The van der Waals surface area contributed by atoms with E-state index in [9.17, 15) is 14.6 Å². The fourth-order valence-corrected chi connectivity index (χ4v) is 3.45. The number of imidazole rings is 1. The summed E-state index contributed by atoms with van der Waals surface area (Å²) in [6, 6.07) is 11.1. The first-order valence-corrected chi connectivity index (χ1v) is 8.41. The third kappa shape index (κ3) is 2.63. The predicted molar refractivity (Wildman–Crippen MR) is 96.2 cm³/mol. The predicted octanol–water partition coefficient (Wildman–Crippen LogP) is 3.56. The molecule has 5 nitrogen and oxygen atoms in total. The number of aliphatic imine (C=N–C) groups is 1. The molecule has 0 saturated heterocycles. The van der Waals surface area contributed by atoms with Crippen molar-refractivity contribution in [2.24, 2.45) is 4.99 Å². The van der Waals surface area contributed by atoms with Crippen LogP contribution in [0.2, 0.25) is 5.02 Å². The van der Waals surface area contributed by atoms with Crippen LogP contribution in [-0.2, 0) is 0 Å². The van der Waals surface area contributed by atoms with Gasteiger partial charge in [-0.2, -0.15) is 0 Å². The SMILES string of the molecule is C[C@H]1N=C(c2ccccc2F)c2cc(Cl)ccc2-n2cnc(C(O)O)c21. The van der Waals surface area contributed by atoms with Crippen LogP contribution >= 0.6 is 11.6 Å². The second kappa shape index (κ2) is 6.32. The van der Waals surface area contributed by atoms with Gasteiger partial charge in [0.25, 0.3) is 0 Å². The Balaban J connectivity index is 2.05. The monoisotopic (exact) mass is 371 g/mol. The fraction of sp³-hybridized carbons (Fsp3) is 0.158. The molecule has 0 unspecified atom stereocenters. The summed E-state index contributed by atoms with van der Waals surface area (Å²) in [5.74, 6) is -0.392. The van der Waals surface area contributed by atoms with Crippen LogP contribution in [-0.4, -0.2) is 25.5 Å². The summed E-state index contributed by atoms with van der Waals surface area (Å²) in [6.07, 6.45) is -0.220. The van der Waals surface area contributed by atoms with Gasteiger partial charge in [-0.3, -0.25) is 9.56 Å². The van der Waals surface area contributed by atoms with Gasteiger partial charge < -0.3 is 10.2 Å². The Bertz CT molecular complexity index is 1030. The molecule has 0 amide bonds. The van der Waals surface area contributed by atoms with E-state index in [1.807, 2.05) is 0 Å². The Morgan fingerprint density at radius 2 is 1.92 bits per heavy atom. The molecule has 26 heavy (non-hydrogen) atoms. The smallest absolute Gasteiger partial charge is 0.197 e. The van der Waals surface area contributed by atoms with Gasteiger partial charge in [-0.15, -0.1) is 0 Å². The van der Waals surface area contributed by atoms with E-state index in [-0.39, 0.29) is 5.69 Å². The molecule has 0 aliphatic carbocycles. The molecule has 0 saturated carbocycles. The van der Waals surface area contributed by atoms with Crippen molar-refractivity contribution in [3.63, 3.8) is 0 Å². The average molecular weight is 372 g/mol. The number of aliphatic hydroxyl groups excluding tert-OH is 1. The third-order valence-electron chi connectivity index (χ3n) is 4.40. The van der Waals surface area contributed by atoms with Crippen molar-refractivity contribution >= 4 is 17.3 Å². The van der Waals surface area contributed by atoms with E-state index in [4.69, 9.17) is 11.6 Å². The highest BCUT2D eigenvalue weighted by atomic mass is 35.5. The van der Waals surface area contributed by atoms with Crippen molar-refractivity contribution in [3.8, 4) is 5.69 Å². The minimum atomic E-state index is -1.73. The van der Waals surface area contributed by atoms with Crippen molar-refractivity contribution in [1.82, 2.24) is 9.55 Å². The normalized spacial score (nSPS) is 16.1. The van der Waals surface area contributed by atoms with Crippen LogP contribution in [0.3, 0.4) is 0 Å². The minimum absolute atomic E-state index is 0.122. The van der Waals surface area contributed by atoms with Gasteiger partial charge in [0.05, 0.1) is 23.1 Å². The summed E-state index contributed by atoms with van der Waals surface area (Å²) in [7, 11) is 0. The molecule has 1 aliphatic heterocycles. The third-order valence-corrected chi connectivity index (χ3v) is 4.63. The molecular formula is C19H15ClFN3O2. The first-order chi connectivity index (χ1) is 12.5. The van der Waals surface area contributed by atoms with Gasteiger partial charge in [-0.05, 0) is 37.3 Å². The molecule has 0 radical (unpaired) electrons. The van der Waals surface area contributed by atoms with Crippen LogP contribution in [0.1, 0.15) is 41.8 Å². The Kier molecular flexibility index (Phi) is 4.11. The molecule has 0 spiro atoms. The molecule has 1 aliphatic rings. The van der Waals surface area contributed by atoms with E-state index in [0.717, 1.165) is 0 Å². The lowest BCUT2D eigenvalue weighted by Gasteiger charge is -2.13. The van der Waals surface area contributed by atoms with E-state index < -0.39 is 18.1 Å². The highest BCUT2D eigenvalue weighted by molar-refractivity contribution is 6.31. The number of aromatic nitrogens is 2. The lowest BCUT2D eigenvalue weighted by Crippen LogP contribution is -2.09. The molecule has 4 rings (SSSR count). The summed E-state index contributed by atoms with van der Waals surface area (Å²) >= 11 is 6.19. The van der Waals surface area contributed by atoms with Crippen molar-refractivity contribution in [1.29, 1.82) is 0 Å². The Labute approximate surface area is 154 Å². The molecule has 3 aromatic rings. The minimum Gasteiger partial charge on any atom is -0.363 e. The maximum Gasteiger partial charge on any atom is 0.197 e. The molecule has 2 heterocycles. The number of aliphatic hydroxyl groups is 2. The van der Waals surface area contributed by atoms with Crippen LogP contribution in [0.15, 0.2) is 53.8 Å². The van der Waals surface area contributed by atoms with Gasteiger partial charge in [0, 0.05) is 16.1 Å². The Morgan fingerprint density at radius 3 is 2.65 bits per heavy atom. The van der Waals surface area contributed by atoms with Crippen LogP contribution in [0.25, 0.3) is 5.69 Å². The molecule has 1 atom stereocenters. The standard InChI is InChI=1S/C19H15ClFN3O2/c1-10-18-17(19(25)26)22-9-24(18)15-7-6-11(20)8-13(15)16(23-10)12-4-2-3-5-14(12)21/h2-10,19,25-26H,1H3/t10-/m1/s1. The maximum atomic E-state index is 14.5. The Morgan fingerprint density at radius 1 is 1.15 bits per heavy atom. The molecule has 0 fully saturated rings. The summed E-state index contributed by atoms with van der Waals surface area (Å²) in [6.45, 7) is 1.80. The first-order valence-electron chi connectivity index (χ1n) is 8.03. The molecule has 7 heteroatoms. The summed E-state index contributed by atoms with van der Waals surface area (Å²) in [5.41, 5.74) is 2.80. The first kappa shape index (κ1) is 16.9. The van der Waals surface area contributed by atoms with Gasteiger partial charge in [0.15, 0.2) is 6.29 Å². The number of nitrogens with zero attached hydrogens (tertiary/aromatic N) is 3. The van der Waals surface area contributed by atoms with Crippen molar-refractivity contribution in [3.05, 3.63) is 82.1 Å².